The van der Waals surface area contributed by atoms with Gasteiger partial charge in [-0.15, -0.1) is 0 Å². The molecule has 0 saturated heterocycles. The van der Waals surface area contributed by atoms with Crippen molar-refractivity contribution in [2.45, 2.75) is 13.3 Å². The Morgan fingerprint density at radius 2 is 1.74 bits per heavy atom. The highest BCUT2D eigenvalue weighted by atomic mass is 35.5. The molecule has 23 heavy (non-hydrogen) atoms. The van der Waals surface area contributed by atoms with Crippen molar-refractivity contribution in [2.75, 3.05) is 10.6 Å². The van der Waals surface area contributed by atoms with Crippen molar-refractivity contribution in [3.63, 3.8) is 0 Å². The topological polar surface area (TPSA) is 82.0 Å². The number of amides is 2. The number of nitriles is 1. The molecule has 0 saturated carbocycles. The molecule has 0 aromatic heterocycles. The zero-order chi connectivity index (χ0) is 16.8. The number of halogens is 1. The van der Waals surface area contributed by atoms with E-state index in [-0.39, 0.29) is 6.42 Å². The zero-order valence-electron chi connectivity index (χ0n) is 12.4. The van der Waals surface area contributed by atoms with Gasteiger partial charge in [0.1, 0.15) is 6.42 Å². The Morgan fingerprint density at radius 1 is 1.09 bits per heavy atom. The molecule has 2 aromatic rings. The molecule has 0 unspecified atom stereocenters. The van der Waals surface area contributed by atoms with Crippen molar-refractivity contribution >= 4 is 34.8 Å². The first-order valence-corrected chi connectivity index (χ1v) is 7.22. The summed E-state index contributed by atoms with van der Waals surface area (Å²) >= 11 is 5.88. The fourth-order valence-corrected chi connectivity index (χ4v) is 2.07. The maximum atomic E-state index is 11.9. The lowest BCUT2D eigenvalue weighted by molar-refractivity contribution is -0.123. The number of carbonyl (C=O) groups is 2. The molecular weight excluding hydrogens is 314 g/mol. The molecule has 0 aliphatic carbocycles. The molecule has 2 N–H and O–H groups in total. The molecule has 0 atom stereocenters. The Labute approximate surface area is 138 Å². The summed E-state index contributed by atoms with van der Waals surface area (Å²) in [6.45, 7) is 1.84. The van der Waals surface area contributed by atoms with Crippen LogP contribution >= 0.6 is 11.6 Å². The van der Waals surface area contributed by atoms with Gasteiger partial charge < -0.3 is 10.6 Å². The number of anilines is 2. The van der Waals surface area contributed by atoms with Crippen LogP contribution < -0.4 is 10.6 Å². The monoisotopic (exact) mass is 327 g/mol. The van der Waals surface area contributed by atoms with Gasteiger partial charge in [0.25, 0.3) is 0 Å². The molecule has 0 aliphatic rings. The summed E-state index contributed by atoms with van der Waals surface area (Å²) in [5.74, 6) is -0.867. The van der Waals surface area contributed by atoms with E-state index in [0.717, 1.165) is 5.56 Å². The van der Waals surface area contributed by atoms with Crippen LogP contribution in [0.15, 0.2) is 42.5 Å². The van der Waals surface area contributed by atoms with Gasteiger partial charge in [-0.05, 0) is 48.9 Å². The summed E-state index contributed by atoms with van der Waals surface area (Å²) in [5, 5.41) is 14.5. The van der Waals surface area contributed by atoms with Crippen molar-refractivity contribution in [3.05, 3.63) is 58.6 Å². The zero-order valence-corrected chi connectivity index (χ0v) is 13.1. The predicted octanol–water partition coefficient (Wildman–Crippen LogP) is 3.49. The molecule has 0 heterocycles. The standard InChI is InChI=1S/C17H14ClN3O2/c1-11-2-5-13(18)8-15(11)21-17(23)9-16(22)20-14-6-3-12(10-19)4-7-14/h2-8H,9H2,1H3,(H,20,22)(H,21,23). The molecule has 116 valence electrons. The number of rotatable bonds is 4. The van der Waals surface area contributed by atoms with Crippen molar-refractivity contribution in [1.82, 2.24) is 0 Å². The second kappa shape index (κ2) is 7.43. The van der Waals surface area contributed by atoms with Gasteiger partial charge in [0.2, 0.25) is 11.8 Å². The number of benzene rings is 2. The third kappa shape index (κ3) is 4.83. The molecule has 0 bridgehead atoms. The molecule has 2 aromatic carbocycles. The summed E-state index contributed by atoms with van der Waals surface area (Å²) in [6.07, 6.45) is -0.314. The summed E-state index contributed by atoms with van der Waals surface area (Å²) in [7, 11) is 0. The Hall–Kier alpha value is -2.84. The van der Waals surface area contributed by atoms with Crippen LogP contribution in [0.5, 0.6) is 0 Å². The second-order valence-electron chi connectivity index (χ2n) is 4.92. The average Bonchev–Trinajstić information content (AvgIpc) is 2.51. The molecular formula is C17H14ClN3O2. The third-order valence-electron chi connectivity index (χ3n) is 3.09. The van der Waals surface area contributed by atoms with E-state index in [1.165, 1.54) is 0 Å². The Bertz CT molecular complexity index is 779. The van der Waals surface area contributed by atoms with E-state index in [1.54, 1.807) is 42.5 Å². The van der Waals surface area contributed by atoms with Gasteiger partial charge in [-0.1, -0.05) is 17.7 Å². The lowest BCUT2D eigenvalue weighted by atomic mass is 10.2. The highest BCUT2D eigenvalue weighted by Gasteiger charge is 2.11. The van der Waals surface area contributed by atoms with Crippen molar-refractivity contribution in [3.8, 4) is 6.07 Å². The molecule has 5 nitrogen and oxygen atoms in total. The van der Waals surface area contributed by atoms with Crippen molar-refractivity contribution in [2.24, 2.45) is 0 Å². The average molecular weight is 328 g/mol. The van der Waals surface area contributed by atoms with Crippen LogP contribution in [0.25, 0.3) is 0 Å². The Morgan fingerprint density at radius 3 is 2.39 bits per heavy atom. The van der Waals surface area contributed by atoms with E-state index in [9.17, 15) is 9.59 Å². The molecule has 0 spiro atoms. The molecule has 2 amide bonds. The van der Waals surface area contributed by atoms with E-state index < -0.39 is 11.8 Å². The molecule has 6 heteroatoms. The Kier molecular flexibility index (Phi) is 5.34. The number of nitrogens with zero attached hydrogens (tertiary/aromatic N) is 1. The van der Waals surface area contributed by atoms with Gasteiger partial charge in [-0.3, -0.25) is 9.59 Å². The number of hydrogen-bond acceptors (Lipinski definition) is 3. The van der Waals surface area contributed by atoms with Crippen LogP contribution in [0.3, 0.4) is 0 Å². The minimum atomic E-state index is -0.438. The third-order valence-corrected chi connectivity index (χ3v) is 3.33. The summed E-state index contributed by atoms with van der Waals surface area (Å²) in [5.41, 5.74) is 2.46. The largest absolute Gasteiger partial charge is 0.326 e. The fraction of sp³-hybridized carbons (Fsp3) is 0.118. The van der Waals surface area contributed by atoms with Crippen molar-refractivity contribution < 1.29 is 9.59 Å². The molecule has 0 aliphatic heterocycles. The SMILES string of the molecule is Cc1ccc(Cl)cc1NC(=O)CC(=O)Nc1ccc(C#N)cc1. The number of hydrogen-bond donors (Lipinski definition) is 2. The van der Waals surface area contributed by atoms with Gasteiger partial charge >= 0.3 is 0 Å². The smallest absolute Gasteiger partial charge is 0.233 e. The lowest BCUT2D eigenvalue weighted by Crippen LogP contribution is -2.21. The van der Waals surface area contributed by atoms with Crippen LogP contribution in [0.2, 0.25) is 5.02 Å². The van der Waals surface area contributed by atoms with Crippen LogP contribution in [-0.2, 0) is 9.59 Å². The quantitative estimate of drug-likeness (QED) is 0.843. The van der Waals surface area contributed by atoms with Crippen LogP contribution in [0.4, 0.5) is 11.4 Å². The number of carbonyl (C=O) groups excluding carboxylic acids is 2. The first-order valence-electron chi connectivity index (χ1n) is 6.84. The van der Waals surface area contributed by atoms with Gasteiger partial charge in [0.05, 0.1) is 11.6 Å². The fourth-order valence-electron chi connectivity index (χ4n) is 1.90. The summed E-state index contributed by atoms with van der Waals surface area (Å²) in [6, 6.07) is 13.5. The molecule has 2 rings (SSSR count). The van der Waals surface area contributed by atoms with E-state index in [0.29, 0.717) is 22.0 Å². The van der Waals surface area contributed by atoms with E-state index in [1.807, 2.05) is 13.0 Å². The van der Waals surface area contributed by atoms with Crippen LogP contribution in [-0.4, -0.2) is 11.8 Å². The van der Waals surface area contributed by atoms with Gasteiger partial charge in [0.15, 0.2) is 0 Å². The molecule has 0 fully saturated rings. The summed E-state index contributed by atoms with van der Waals surface area (Å²) < 4.78 is 0. The first kappa shape index (κ1) is 16.5. The van der Waals surface area contributed by atoms with Crippen LogP contribution in [0.1, 0.15) is 17.5 Å². The number of nitrogens with one attached hydrogen (secondary N) is 2. The minimum Gasteiger partial charge on any atom is -0.326 e. The normalized spacial score (nSPS) is 9.78. The van der Waals surface area contributed by atoms with Gasteiger partial charge in [0, 0.05) is 16.4 Å². The predicted molar refractivity (Wildman–Crippen MR) is 89.2 cm³/mol. The maximum Gasteiger partial charge on any atom is 0.233 e. The lowest BCUT2D eigenvalue weighted by Gasteiger charge is -2.09. The van der Waals surface area contributed by atoms with Crippen LogP contribution in [0, 0.1) is 18.3 Å². The first-order chi connectivity index (χ1) is 11.0. The highest BCUT2D eigenvalue weighted by molar-refractivity contribution is 6.31. The minimum absolute atomic E-state index is 0.314. The van der Waals surface area contributed by atoms with Gasteiger partial charge in [-0.25, -0.2) is 0 Å². The van der Waals surface area contributed by atoms with E-state index in [2.05, 4.69) is 10.6 Å². The maximum absolute atomic E-state index is 11.9. The van der Waals surface area contributed by atoms with Gasteiger partial charge in [-0.2, -0.15) is 5.26 Å². The van der Waals surface area contributed by atoms with Crippen molar-refractivity contribution in [1.29, 1.82) is 5.26 Å². The Balaban J connectivity index is 1.93. The second-order valence-corrected chi connectivity index (χ2v) is 5.36. The summed E-state index contributed by atoms with van der Waals surface area (Å²) in [4.78, 5) is 23.8. The van der Waals surface area contributed by atoms with E-state index >= 15 is 0 Å². The van der Waals surface area contributed by atoms with E-state index in [4.69, 9.17) is 16.9 Å². The highest BCUT2D eigenvalue weighted by Crippen LogP contribution is 2.20. The molecule has 0 radical (unpaired) electrons. The number of aryl methyl sites for hydroxylation is 1.